The quantitative estimate of drug-likeness (QED) is 0.708. The first kappa shape index (κ1) is 14.3. The summed E-state index contributed by atoms with van der Waals surface area (Å²) >= 11 is 0. The van der Waals surface area contributed by atoms with Crippen molar-refractivity contribution in [3.63, 3.8) is 0 Å². The van der Waals surface area contributed by atoms with E-state index in [1.54, 1.807) is 4.68 Å². The third-order valence-corrected chi connectivity index (χ3v) is 2.69. The molecule has 0 radical (unpaired) electrons. The third kappa shape index (κ3) is 3.64. The fourth-order valence-electron chi connectivity index (χ4n) is 1.56. The standard InChI is InChI=1S/C12H22N6/c1-4-5-6-15-12-10(9-13)11(14)18(16-12)8-7-17(2)3/h4-8,14H2,1-3H3,(H,15,16). The monoisotopic (exact) mass is 250 g/mol. The maximum absolute atomic E-state index is 9.11. The maximum Gasteiger partial charge on any atom is 0.168 e. The van der Waals surface area contributed by atoms with E-state index in [-0.39, 0.29) is 0 Å². The molecule has 1 heterocycles. The van der Waals surface area contributed by atoms with Gasteiger partial charge >= 0.3 is 0 Å². The van der Waals surface area contributed by atoms with Gasteiger partial charge in [0.1, 0.15) is 17.5 Å². The van der Waals surface area contributed by atoms with Crippen LogP contribution in [0.15, 0.2) is 0 Å². The van der Waals surface area contributed by atoms with Crippen molar-refractivity contribution in [3.8, 4) is 6.07 Å². The van der Waals surface area contributed by atoms with Crippen LogP contribution in [0.25, 0.3) is 0 Å². The predicted molar refractivity (Wildman–Crippen MR) is 73.3 cm³/mol. The van der Waals surface area contributed by atoms with Crippen LogP contribution in [-0.4, -0.2) is 41.9 Å². The number of nitriles is 1. The Morgan fingerprint density at radius 3 is 2.78 bits per heavy atom. The summed E-state index contributed by atoms with van der Waals surface area (Å²) in [7, 11) is 3.98. The van der Waals surface area contributed by atoms with Crippen molar-refractivity contribution in [3.05, 3.63) is 5.56 Å². The van der Waals surface area contributed by atoms with Gasteiger partial charge in [-0.3, -0.25) is 0 Å². The van der Waals surface area contributed by atoms with Gasteiger partial charge in [-0.2, -0.15) is 10.4 Å². The van der Waals surface area contributed by atoms with Gasteiger partial charge in [-0.25, -0.2) is 4.68 Å². The Labute approximate surface area is 108 Å². The van der Waals surface area contributed by atoms with Crippen molar-refractivity contribution in [1.29, 1.82) is 5.26 Å². The van der Waals surface area contributed by atoms with E-state index in [1.807, 2.05) is 14.1 Å². The van der Waals surface area contributed by atoms with Crippen LogP contribution in [0.3, 0.4) is 0 Å². The van der Waals surface area contributed by atoms with E-state index in [0.29, 0.717) is 23.7 Å². The molecule has 0 saturated carbocycles. The lowest BCUT2D eigenvalue weighted by molar-refractivity contribution is 0.375. The Kier molecular flexibility index (Phi) is 5.46. The van der Waals surface area contributed by atoms with Crippen LogP contribution in [0, 0.1) is 11.3 Å². The number of nitrogens with two attached hydrogens (primary N) is 1. The molecule has 0 bridgehead atoms. The Morgan fingerprint density at radius 1 is 1.50 bits per heavy atom. The molecule has 1 aromatic heterocycles. The van der Waals surface area contributed by atoms with Crippen molar-refractivity contribution in [2.75, 3.05) is 38.2 Å². The van der Waals surface area contributed by atoms with Gasteiger partial charge in [-0.15, -0.1) is 0 Å². The SMILES string of the molecule is CCCCNc1nn(CCN(C)C)c(N)c1C#N. The number of anilines is 2. The van der Waals surface area contributed by atoms with Gasteiger partial charge in [-0.05, 0) is 20.5 Å². The smallest absolute Gasteiger partial charge is 0.168 e. The third-order valence-electron chi connectivity index (χ3n) is 2.69. The number of hydrogen-bond acceptors (Lipinski definition) is 5. The zero-order valence-corrected chi connectivity index (χ0v) is 11.4. The molecule has 0 fully saturated rings. The number of unbranched alkanes of at least 4 members (excludes halogenated alkanes) is 1. The molecule has 0 aliphatic carbocycles. The number of rotatable bonds is 7. The lowest BCUT2D eigenvalue weighted by atomic mass is 10.3. The average molecular weight is 250 g/mol. The highest BCUT2D eigenvalue weighted by molar-refractivity contribution is 5.63. The van der Waals surface area contributed by atoms with Gasteiger partial charge in [0.25, 0.3) is 0 Å². The van der Waals surface area contributed by atoms with Crippen molar-refractivity contribution >= 4 is 11.6 Å². The van der Waals surface area contributed by atoms with E-state index in [9.17, 15) is 0 Å². The summed E-state index contributed by atoms with van der Waals surface area (Å²) in [6, 6.07) is 2.11. The molecule has 6 nitrogen and oxygen atoms in total. The molecule has 0 aromatic carbocycles. The maximum atomic E-state index is 9.11. The van der Waals surface area contributed by atoms with Gasteiger partial charge in [0.15, 0.2) is 5.82 Å². The van der Waals surface area contributed by atoms with Crippen molar-refractivity contribution < 1.29 is 0 Å². The normalized spacial score (nSPS) is 10.6. The number of nitrogens with one attached hydrogen (secondary N) is 1. The van der Waals surface area contributed by atoms with Gasteiger partial charge in [0, 0.05) is 13.1 Å². The summed E-state index contributed by atoms with van der Waals surface area (Å²) in [5, 5.41) is 16.6. The second kappa shape index (κ2) is 6.87. The van der Waals surface area contributed by atoms with E-state index >= 15 is 0 Å². The highest BCUT2D eigenvalue weighted by Crippen LogP contribution is 2.20. The van der Waals surface area contributed by atoms with Crippen LogP contribution >= 0.6 is 0 Å². The zero-order valence-electron chi connectivity index (χ0n) is 11.4. The molecule has 100 valence electrons. The number of nitrogens with zero attached hydrogens (tertiary/aromatic N) is 4. The zero-order chi connectivity index (χ0) is 13.5. The molecular formula is C12H22N6. The molecule has 0 amide bonds. The van der Waals surface area contributed by atoms with Crippen LogP contribution in [0.1, 0.15) is 25.3 Å². The Balaban J connectivity index is 2.78. The van der Waals surface area contributed by atoms with Crippen molar-refractivity contribution in [2.24, 2.45) is 0 Å². The largest absolute Gasteiger partial charge is 0.383 e. The second-order valence-corrected chi connectivity index (χ2v) is 4.53. The lowest BCUT2D eigenvalue weighted by Gasteiger charge is -2.09. The number of hydrogen-bond donors (Lipinski definition) is 2. The molecule has 18 heavy (non-hydrogen) atoms. The molecular weight excluding hydrogens is 228 g/mol. The van der Waals surface area contributed by atoms with Crippen molar-refractivity contribution in [2.45, 2.75) is 26.3 Å². The summed E-state index contributed by atoms with van der Waals surface area (Å²) in [6.45, 7) is 4.46. The minimum absolute atomic E-state index is 0.443. The summed E-state index contributed by atoms with van der Waals surface area (Å²) < 4.78 is 1.69. The Morgan fingerprint density at radius 2 is 2.22 bits per heavy atom. The van der Waals surface area contributed by atoms with Gasteiger partial charge in [0.05, 0.1) is 6.54 Å². The van der Waals surface area contributed by atoms with Gasteiger partial charge in [-0.1, -0.05) is 13.3 Å². The fourth-order valence-corrected chi connectivity index (χ4v) is 1.56. The number of nitrogen functional groups attached to an aromatic ring is 1. The van der Waals surface area contributed by atoms with Crippen molar-refractivity contribution in [1.82, 2.24) is 14.7 Å². The molecule has 0 atom stereocenters. The summed E-state index contributed by atoms with van der Waals surface area (Å²) in [6.07, 6.45) is 2.15. The Hall–Kier alpha value is -1.74. The summed E-state index contributed by atoms with van der Waals surface area (Å²) in [5.74, 6) is 1.04. The van der Waals surface area contributed by atoms with Crippen LogP contribution in [0.4, 0.5) is 11.6 Å². The lowest BCUT2D eigenvalue weighted by Crippen LogP contribution is -2.20. The highest BCUT2D eigenvalue weighted by Gasteiger charge is 2.14. The van der Waals surface area contributed by atoms with Crippen LogP contribution in [-0.2, 0) is 6.54 Å². The van der Waals surface area contributed by atoms with Crippen LogP contribution < -0.4 is 11.1 Å². The Bertz CT molecular complexity index is 415. The first-order valence-electron chi connectivity index (χ1n) is 6.25. The van der Waals surface area contributed by atoms with Crippen LogP contribution in [0.2, 0.25) is 0 Å². The first-order chi connectivity index (χ1) is 8.60. The molecule has 1 aromatic rings. The number of likely N-dealkylation sites (N-methyl/N-ethyl adjacent to an activating group) is 1. The van der Waals surface area contributed by atoms with E-state index in [2.05, 4.69) is 28.3 Å². The second-order valence-electron chi connectivity index (χ2n) is 4.53. The molecule has 0 spiro atoms. The molecule has 3 N–H and O–H groups in total. The topological polar surface area (TPSA) is 82.9 Å². The molecule has 0 unspecified atom stereocenters. The molecule has 0 saturated heterocycles. The van der Waals surface area contributed by atoms with Gasteiger partial charge < -0.3 is 16.0 Å². The van der Waals surface area contributed by atoms with Crippen LogP contribution in [0.5, 0.6) is 0 Å². The minimum atomic E-state index is 0.443. The predicted octanol–water partition coefficient (Wildman–Crippen LogP) is 1.11. The van der Waals surface area contributed by atoms with E-state index in [1.165, 1.54) is 0 Å². The van der Waals surface area contributed by atoms with E-state index in [4.69, 9.17) is 11.0 Å². The summed E-state index contributed by atoms with van der Waals surface area (Å²) in [4.78, 5) is 2.05. The molecule has 0 aliphatic heterocycles. The fraction of sp³-hybridized carbons (Fsp3) is 0.667. The molecule has 1 rings (SSSR count). The van der Waals surface area contributed by atoms with E-state index < -0.39 is 0 Å². The minimum Gasteiger partial charge on any atom is -0.383 e. The van der Waals surface area contributed by atoms with Gasteiger partial charge in [0.2, 0.25) is 0 Å². The summed E-state index contributed by atoms with van der Waals surface area (Å²) in [5.41, 5.74) is 6.37. The highest BCUT2D eigenvalue weighted by atomic mass is 15.4. The average Bonchev–Trinajstić information content (AvgIpc) is 2.63. The molecule has 0 aliphatic rings. The molecule has 6 heteroatoms. The number of aromatic nitrogens is 2. The van der Waals surface area contributed by atoms with E-state index in [0.717, 1.165) is 25.9 Å². The first-order valence-corrected chi connectivity index (χ1v) is 6.25.